The summed E-state index contributed by atoms with van der Waals surface area (Å²) in [4.78, 5) is 0. The van der Waals surface area contributed by atoms with Crippen LogP contribution >= 0.6 is 0 Å². The fourth-order valence-electron chi connectivity index (χ4n) is 9.55. The number of benzene rings is 4. The van der Waals surface area contributed by atoms with Crippen molar-refractivity contribution in [3.8, 4) is 23.0 Å². The predicted octanol–water partition coefficient (Wildman–Crippen LogP) is 11.2. The third-order valence-electron chi connectivity index (χ3n) is 11.9. The first kappa shape index (κ1) is 45.9. The lowest BCUT2D eigenvalue weighted by molar-refractivity contribution is 0.360. The molecule has 6 rings (SSSR count). The fraction of sp³-hybridized carbons (Fsp3) is 0.373. The summed E-state index contributed by atoms with van der Waals surface area (Å²) in [6.45, 7) is 34.4. The summed E-state index contributed by atoms with van der Waals surface area (Å²) in [6.07, 6.45) is 8.80. The van der Waals surface area contributed by atoms with E-state index in [1.54, 1.807) is 24.3 Å². The molecule has 0 saturated heterocycles. The quantitative estimate of drug-likeness (QED) is 0.0730. The van der Waals surface area contributed by atoms with E-state index in [1.807, 2.05) is 19.1 Å². The molecule has 0 saturated carbocycles. The summed E-state index contributed by atoms with van der Waals surface area (Å²) in [5, 5.41) is 0. The van der Waals surface area contributed by atoms with E-state index < -0.39 is 0 Å². The Morgan fingerprint density at radius 2 is 1.02 bits per heavy atom. The lowest BCUT2D eigenvalue weighted by Gasteiger charge is -2.31. The second-order valence-electron chi connectivity index (χ2n) is 17.4. The molecule has 4 aromatic rings. The zero-order chi connectivity index (χ0) is 42.8. The average molecular weight is 801 g/mol. The topological polar surface area (TPSA) is 141 Å². The number of hydrogen-bond acceptors (Lipinski definition) is 8. The first-order valence-electron chi connectivity index (χ1n) is 19.9. The van der Waals surface area contributed by atoms with Gasteiger partial charge in [-0.05, 0) is 118 Å². The van der Waals surface area contributed by atoms with Crippen LogP contribution in [0.25, 0.3) is 0 Å². The Morgan fingerprint density at radius 3 is 1.59 bits per heavy atom. The van der Waals surface area contributed by atoms with Crippen LogP contribution in [0.15, 0.2) is 99.2 Å². The summed E-state index contributed by atoms with van der Waals surface area (Å²) in [5.74, 6) is 2.86. The highest BCUT2D eigenvalue weighted by Gasteiger charge is 2.49. The van der Waals surface area contributed by atoms with Crippen LogP contribution in [0.4, 0.5) is 22.7 Å². The molecule has 2 atom stereocenters. The highest BCUT2D eigenvalue weighted by molar-refractivity contribution is 5.70. The van der Waals surface area contributed by atoms with E-state index in [-0.39, 0.29) is 29.1 Å². The highest BCUT2D eigenvalue weighted by Crippen LogP contribution is 2.58. The molecule has 0 aromatic heterocycles. The van der Waals surface area contributed by atoms with Crippen molar-refractivity contribution in [2.45, 2.75) is 97.3 Å². The molecule has 0 bridgehead atoms. The molecule has 0 radical (unpaired) electrons. The van der Waals surface area contributed by atoms with Gasteiger partial charge in [0, 0.05) is 10.8 Å². The van der Waals surface area contributed by atoms with Crippen molar-refractivity contribution in [1.29, 1.82) is 0 Å². The van der Waals surface area contributed by atoms with Gasteiger partial charge in [0.05, 0.1) is 22.7 Å². The minimum atomic E-state index is -0.223. The molecule has 4 aromatic carbocycles. The summed E-state index contributed by atoms with van der Waals surface area (Å²) >= 11 is 0. The maximum Gasteiger partial charge on any atom is 0.145 e. The molecule has 8 N–H and O–H groups in total. The zero-order valence-corrected chi connectivity index (χ0v) is 35.9. The Bertz CT molecular complexity index is 2210. The Balaban J connectivity index is 0.000000257. The van der Waals surface area contributed by atoms with Crippen molar-refractivity contribution in [2.24, 2.45) is 0 Å². The Hall–Kier alpha value is -5.76. The maximum absolute atomic E-state index is 6.42. The highest BCUT2D eigenvalue weighted by atomic mass is 16.5. The summed E-state index contributed by atoms with van der Waals surface area (Å²) in [6, 6.07) is 16.5. The molecule has 316 valence electrons. The summed E-state index contributed by atoms with van der Waals surface area (Å²) in [7, 11) is 0. The smallest absolute Gasteiger partial charge is 0.145 e. The first-order chi connectivity index (χ1) is 27.3. The van der Waals surface area contributed by atoms with E-state index in [0.29, 0.717) is 60.7 Å². The van der Waals surface area contributed by atoms with Crippen LogP contribution in [-0.2, 0) is 21.7 Å². The molecule has 2 unspecified atom stereocenters. The van der Waals surface area contributed by atoms with Crippen molar-refractivity contribution < 1.29 is 18.9 Å². The van der Waals surface area contributed by atoms with Gasteiger partial charge in [-0.3, -0.25) is 0 Å². The number of hydrogen-bond donors (Lipinski definition) is 4. The monoisotopic (exact) mass is 801 g/mol. The van der Waals surface area contributed by atoms with Gasteiger partial charge in [0.1, 0.15) is 49.4 Å². The number of fused-ring (bicyclic) bond motifs is 2. The van der Waals surface area contributed by atoms with Gasteiger partial charge in [-0.25, -0.2) is 0 Å². The van der Waals surface area contributed by atoms with Gasteiger partial charge in [-0.15, -0.1) is 0 Å². The SMILES string of the molecule is C.C=CCOc1c(C)cc(C2(C)CC(C)(C)c3cc(N)c(OCC=C)c(C)c32)cc1N.C=CCOc1cc(C2(C)CC(C)(C)c3cc(OCC=C)c(N)cc32)ccc1N. The van der Waals surface area contributed by atoms with Crippen LogP contribution in [0.2, 0.25) is 0 Å². The van der Waals surface area contributed by atoms with E-state index >= 15 is 0 Å². The van der Waals surface area contributed by atoms with Crippen molar-refractivity contribution in [3.05, 3.63) is 144 Å². The lowest BCUT2D eigenvalue weighted by Crippen LogP contribution is -2.24. The van der Waals surface area contributed by atoms with Gasteiger partial charge >= 0.3 is 0 Å². The summed E-state index contributed by atoms with van der Waals surface area (Å²) < 4.78 is 23.3. The minimum absolute atomic E-state index is 0. The number of nitrogens with two attached hydrogens (primary N) is 4. The Labute approximate surface area is 354 Å². The molecule has 2 aliphatic carbocycles. The molecule has 0 amide bonds. The molecule has 8 nitrogen and oxygen atoms in total. The minimum Gasteiger partial charge on any atom is -0.487 e. The van der Waals surface area contributed by atoms with Crippen LogP contribution in [0.3, 0.4) is 0 Å². The van der Waals surface area contributed by atoms with E-state index in [1.165, 1.54) is 27.8 Å². The van der Waals surface area contributed by atoms with Crippen molar-refractivity contribution >= 4 is 22.7 Å². The fourth-order valence-corrected chi connectivity index (χ4v) is 9.55. The summed E-state index contributed by atoms with van der Waals surface area (Å²) in [5.41, 5.74) is 36.8. The first-order valence-corrected chi connectivity index (χ1v) is 19.9. The standard InChI is InChI=1S/C26H34N2O2.C24H30N2O2.CH4/c1-8-10-29-23-16(3)12-18(13-20(23)27)26(7)15-25(5,6)19-14-21(28)24(30-11-9-2)17(4)22(19)26;1-6-10-27-21-12-16(8-9-19(21)25)24(5)15-23(3,4)17-14-22(28-11-7-2)20(26)13-18(17)24;/h8-9,12-14H,1-2,10-11,15,27-28H2,3-7H3;6-9,12-14H,1-2,10-11,15,25-26H2,3-5H3;1H4. The molecule has 0 heterocycles. The van der Waals surface area contributed by atoms with Crippen molar-refractivity contribution in [2.75, 3.05) is 49.4 Å². The second kappa shape index (κ2) is 17.6. The van der Waals surface area contributed by atoms with Gasteiger partial charge < -0.3 is 41.9 Å². The van der Waals surface area contributed by atoms with Crippen LogP contribution in [0.5, 0.6) is 23.0 Å². The molecular weight excluding hydrogens is 733 g/mol. The van der Waals surface area contributed by atoms with Crippen LogP contribution < -0.4 is 41.9 Å². The molecule has 59 heavy (non-hydrogen) atoms. The van der Waals surface area contributed by atoms with Gasteiger partial charge in [-0.1, -0.05) is 112 Å². The number of anilines is 4. The average Bonchev–Trinajstić information content (AvgIpc) is 3.50. The van der Waals surface area contributed by atoms with E-state index in [0.717, 1.165) is 41.0 Å². The van der Waals surface area contributed by atoms with Gasteiger partial charge in [0.2, 0.25) is 0 Å². The lowest BCUT2D eigenvalue weighted by atomic mass is 9.73. The van der Waals surface area contributed by atoms with E-state index in [9.17, 15) is 0 Å². The third-order valence-corrected chi connectivity index (χ3v) is 11.9. The van der Waals surface area contributed by atoms with Crippen molar-refractivity contribution in [3.63, 3.8) is 0 Å². The normalized spacial score (nSPS) is 19.1. The van der Waals surface area contributed by atoms with Crippen LogP contribution in [-0.4, -0.2) is 26.4 Å². The van der Waals surface area contributed by atoms with Gasteiger partial charge in [0.15, 0.2) is 0 Å². The molecule has 8 heteroatoms. The second-order valence-corrected chi connectivity index (χ2v) is 17.4. The maximum atomic E-state index is 6.42. The predicted molar refractivity (Wildman–Crippen MR) is 251 cm³/mol. The largest absolute Gasteiger partial charge is 0.487 e. The van der Waals surface area contributed by atoms with Crippen LogP contribution in [0.1, 0.15) is 106 Å². The van der Waals surface area contributed by atoms with Gasteiger partial charge in [-0.2, -0.15) is 0 Å². The zero-order valence-electron chi connectivity index (χ0n) is 35.9. The molecule has 2 aliphatic rings. The molecule has 0 spiro atoms. The number of nitrogen functional groups attached to an aromatic ring is 4. The van der Waals surface area contributed by atoms with E-state index in [2.05, 4.69) is 111 Å². The Kier molecular flexibility index (Phi) is 13.7. The van der Waals surface area contributed by atoms with Crippen LogP contribution in [0, 0.1) is 13.8 Å². The Morgan fingerprint density at radius 1 is 0.525 bits per heavy atom. The number of ether oxygens (including phenoxy) is 4. The third kappa shape index (κ3) is 8.68. The molecule has 0 fully saturated rings. The van der Waals surface area contributed by atoms with Gasteiger partial charge in [0.25, 0.3) is 0 Å². The molecular formula is C51H68N4O4. The van der Waals surface area contributed by atoms with Crippen molar-refractivity contribution in [1.82, 2.24) is 0 Å². The number of aryl methyl sites for hydroxylation is 1. The molecule has 0 aliphatic heterocycles. The van der Waals surface area contributed by atoms with E-state index in [4.69, 9.17) is 41.9 Å². The number of rotatable bonds is 14.